The van der Waals surface area contributed by atoms with Crippen LogP contribution in [-0.2, 0) is 52.0 Å². The summed E-state index contributed by atoms with van der Waals surface area (Å²) in [4.78, 5) is 78.6. The molecule has 10 N–H and O–H groups in total. The Labute approximate surface area is 385 Å². The van der Waals surface area contributed by atoms with E-state index >= 15 is 0 Å². The number of nitrogens with zero attached hydrogens (tertiary/aromatic N) is 1. The molecule has 0 radical (unpaired) electrons. The molecule has 0 aromatic heterocycles. The average Bonchev–Trinajstić information content (AvgIpc) is 3.24. The number of aliphatic carboxylic acids is 2. The van der Waals surface area contributed by atoms with Gasteiger partial charge in [0.1, 0.15) is 36.7 Å². The van der Waals surface area contributed by atoms with Gasteiger partial charge in [0.25, 0.3) is 0 Å². The van der Waals surface area contributed by atoms with E-state index in [0.717, 1.165) is 0 Å². The van der Waals surface area contributed by atoms with Crippen molar-refractivity contribution in [2.24, 2.45) is 11.3 Å². The second-order valence-corrected chi connectivity index (χ2v) is 18.3. The molecule has 2 aromatic rings. The van der Waals surface area contributed by atoms with Crippen LogP contribution in [0, 0.1) is 11.3 Å². The smallest absolute Gasteiger partial charge is 0.411 e. The lowest BCUT2D eigenvalue weighted by atomic mass is 9.76. The van der Waals surface area contributed by atoms with Gasteiger partial charge in [-0.15, -0.1) is 0 Å². The number of carbonyl (C=O) groups excluding carboxylic acids is 4. The van der Waals surface area contributed by atoms with E-state index in [-0.39, 0.29) is 48.6 Å². The lowest BCUT2D eigenvalue weighted by Crippen LogP contribution is -2.61. The topological polar surface area (TPSA) is 295 Å². The van der Waals surface area contributed by atoms with Gasteiger partial charge in [-0.1, -0.05) is 72.7 Å². The summed E-state index contributed by atoms with van der Waals surface area (Å²) in [6, 6.07) is 8.91. The fourth-order valence-electron chi connectivity index (χ4n) is 7.36. The standard InChI is InChI=1S/C46H68N6O14/c1-24(2)30(19-25(3)41(59)60)52(11)40(58)38(45(4,5)6)51-39(57)37(48-10)46(7,8)28-13-12-14-29(21-28)50-44(63)64-23-26-15-16-31(27(20-26)22-49-32(53)17-18-47-9)65-43-35(56)33(54)34(55)36(66-43)42(61)62/h12-16,19-21,24,30,33-38,43,47-48,54-56H,17-18,22-23H2,1-11H3,(H,49,53)(H,50,63)(H,51,57)(H,59,60)(H,61,62)/b25-19+. The molecule has 1 heterocycles. The third-order valence-corrected chi connectivity index (χ3v) is 11.4. The number of aliphatic hydroxyl groups is 3. The first-order valence-electron chi connectivity index (χ1n) is 21.6. The van der Waals surface area contributed by atoms with Gasteiger partial charge < -0.3 is 65.9 Å². The lowest BCUT2D eigenvalue weighted by Gasteiger charge is -2.40. The highest BCUT2D eigenvalue weighted by atomic mass is 16.7. The van der Waals surface area contributed by atoms with Crippen molar-refractivity contribution in [3.8, 4) is 5.75 Å². The molecule has 0 bridgehead atoms. The molecule has 66 heavy (non-hydrogen) atoms. The molecule has 1 fully saturated rings. The zero-order valence-corrected chi connectivity index (χ0v) is 39.5. The van der Waals surface area contributed by atoms with Crippen molar-refractivity contribution in [3.05, 3.63) is 70.8 Å². The molecular formula is C46H68N6O14. The van der Waals surface area contributed by atoms with E-state index in [1.54, 1.807) is 51.5 Å². The van der Waals surface area contributed by atoms with Crippen LogP contribution in [0.15, 0.2) is 54.1 Å². The largest absolute Gasteiger partial charge is 0.479 e. The van der Waals surface area contributed by atoms with Crippen LogP contribution < -0.4 is 31.3 Å². The molecule has 20 heteroatoms. The summed E-state index contributed by atoms with van der Waals surface area (Å²) in [7, 11) is 4.90. The molecule has 3 rings (SSSR count). The number of anilines is 1. The molecule has 366 valence electrons. The van der Waals surface area contributed by atoms with Gasteiger partial charge in [0.05, 0.1) is 12.1 Å². The third-order valence-electron chi connectivity index (χ3n) is 11.4. The number of hydrogen-bond donors (Lipinski definition) is 10. The van der Waals surface area contributed by atoms with Crippen molar-refractivity contribution < 1.29 is 68.5 Å². The summed E-state index contributed by atoms with van der Waals surface area (Å²) in [6.07, 6.45) is -8.42. The second-order valence-electron chi connectivity index (χ2n) is 18.3. The highest BCUT2D eigenvalue weighted by molar-refractivity contribution is 5.92. The van der Waals surface area contributed by atoms with E-state index in [0.29, 0.717) is 28.9 Å². The number of aliphatic hydroxyl groups excluding tert-OH is 3. The maximum Gasteiger partial charge on any atom is 0.411 e. The Morgan fingerprint density at radius 2 is 1.58 bits per heavy atom. The van der Waals surface area contributed by atoms with E-state index in [4.69, 9.17) is 14.2 Å². The first-order chi connectivity index (χ1) is 30.7. The number of rotatable bonds is 21. The van der Waals surface area contributed by atoms with Gasteiger partial charge in [-0.3, -0.25) is 19.7 Å². The van der Waals surface area contributed by atoms with Crippen molar-refractivity contribution in [2.45, 2.75) is 129 Å². The minimum absolute atomic E-state index is 0.0370. The van der Waals surface area contributed by atoms with Gasteiger partial charge >= 0.3 is 18.0 Å². The van der Waals surface area contributed by atoms with E-state index in [1.807, 2.05) is 48.5 Å². The highest BCUT2D eigenvalue weighted by Gasteiger charge is 2.48. The van der Waals surface area contributed by atoms with E-state index in [9.17, 15) is 54.3 Å². The Bertz CT molecular complexity index is 2070. The molecule has 1 aliphatic rings. The quantitative estimate of drug-likeness (QED) is 0.0800. The molecule has 1 saturated heterocycles. The van der Waals surface area contributed by atoms with Crippen LogP contribution in [0.4, 0.5) is 10.5 Å². The molecule has 2 aromatic carbocycles. The Morgan fingerprint density at radius 1 is 0.909 bits per heavy atom. The molecule has 1 aliphatic heterocycles. The van der Waals surface area contributed by atoms with Crippen LogP contribution in [0.3, 0.4) is 0 Å². The second kappa shape index (κ2) is 23.7. The molecule has 0 aliphatic carbocycles. The van der Waals surface area contributed by atoms with E-state index in [1.165, 1.54) is 30.0 Å². The van der Waals surface area contributed by atoms with Crippen LogP contribution in [0.5, 0.6) is 5.75 Å². The van der Waals surface area contributed by atoms with Crippen molar-refractivity contribution in [1.29, 1.82) is 0 Å². The molecule has 8 unspecified atom stereocenters. The Hall–Kier alpha value is -5.64. The first kappa shape index (κ1) is 54.7. The Kier molecular flexibility index (Phi) is 19.6. The summed E-state index contributed by atoms with van der Waals surface area (Å²) >= 11 is 0. The number of hydrogen-bond acceptors (Lipinski definition) is 14. The zero-order chi connectivity index (χ0) is 49.8. The number of nitrogens with one attached hydrogen (secondary N) is 5. The fourth-order valence-corrected chi connectivity index (χ4v) is 7.36. The normalized spacial score (nSPS) is 20.3. The Morgan fingerprint density at radius 3 is 2.15 bits per heavy atom. The molecule has 0 spiro atoms. The minimum Gasteiger partial charge on any atom is -0.479 e. The van der Waals surface area contributed by atoms with Crippen LogP contribution in [0.25, 0.3) is 0 Å². The average molecular weight is 929 g/mol. The van der Waals surface area contributed by atoms with Crippen molar-refractivity contribution in [2.75, 3.05) is 33.0 Å². The van der Waals surface area contributed by atoms with Gasteiger partial charge in [-0.05, 0) is 67.7 Å². The van der Waals surface area contributed by atoms with Crippen LogP contribution >= 0.6 is 0 Å². The fraction of sp³-hybridized carbons (Fsp3) is 0.565. The summed E-state index contributed by atoms with van der Waals surface area (Å²) in [6.45, 7) is 14.4. The van der Waals surface area contributed by atoms with Gasteiger partial charge in [-0.25, -0.2) is 14.4 Å². The van der Waals surface area contributed by atoms with Gasteiger partial charge in [0.2, 0.25) is 24.0 Å². The monoisotopic (exact) mass is 928 g/mol. The van der Waals surface area contributed by atoms with Crippen LogP contribution in [0.2, 0.25) is 0 Å². The summed E-state index contributed by atoms with van der Waals surface area (Å²) in [5, 5.41) is 64.2. The van der Waals surface area contributed by atoms with Gasteiger partial charge in [-0.2, -0.15) is 0 Å². The number of carbonyl (C=O) groups is 6. The lowest BCUT2D eigenvalue weighted by molar-refractivity contribution is -0.271. The number of carboxylic acids is 2. The zero-order valence-electron chi connectivity index (χ0n) is 39.5. The van der Waals surface area contributed by atoms with Crippen LogP contribution in [0.1, 0.15) is 78.5 Å². The van der Waals surface area contributed by atoms with Gasteiger partial charge in [0.15, 0.2) is 6.10 Å². The summed E-state index contributed by atoms with van der Waals surface area (Å²) in [5.74, 6) is -3.93. The molecule has 0 saturated carbocycles. The van der Waals surface area contributed by atoms with Crippen molar-refractivity contribution in [3.63, 3.8) is 0 Å². The van der Waals surface area contributed by atoms with Crippen molar-refractivity contribution >= 4 is 41.4 Å². The number of carboxylic acid groups (broad SMARTS) is 2. The van der Waals surface area contributed by atoms with E-state index < -0.39 is 83.6 Å². The number of benzene rings is 2. The molecule has 8 atom stereocenters. The number of likely N-dealkylation sites (N-methyl/N-ethyl adjacent to an activating group) is 2. The summed E-state index contributed by atoms with van der Waals surface area (Å²) < 4.78 is 16.6. The first-order valence-corrected chi connectivity index (χ1v) is 21.6. The van der Waals surface area contributed by atoms with Crippen LogP contribution in [-0.4, -0.2) is 143 Å². The molecule has 20 nitrogen and oxygen atoms in total. The van der Waals surface area contributed by atoms with Crippen molar-refractivity contribution in [1.82, 2.24) is 26.2 Å². The van der Waals surface area contributed by atoms with Gasteiger partial charge in [0, 0.05) is 48.8 Å². The maximum absolute atomic E-state index is 14.2. The predicted octanol–water partition coefficient (Wildman–Crippen LogP) is 1.84. The number of ether oxygens (including phenoxy) is 3. The molecular weight excluding hydrogens is 861 g/mol. The SMILES string of the molecule is CNCCC(=O)NCc1cc(COC(=O)Nc2cccc(C(C)(C)C(NC)C(=O)NC(C(=O)N(C)C(/C=C(\C)C(=O)O)C(C)C)C(C)(C)C)c2)ccc1OC1OC(C(=O)O)C(O)C(O)C1O. The highest BCUT2D eigenvalue weighted by Crippen LogP contribution is 2.32. The maximum atomic E-state index is 14.2. The minimum atomic E-state index is -1.93. The number of amides is 4. The van der Waals surface area contributed by atoms with E-state index in [2.05, 4.69) is 26.6 Å². The third kappa shape index (κ3) is 14.4. The summed E-state index contributed by atoms with van der Waals surface area (Å²) in [5.41, 5.74) is 0.205. The predicted molar refractivity (Wildman–Crippen MR) is 242 cm³/mol. The Balaban J connectivity index is 1.79. The molecule has 4 amide bonds.